The molecular formula is C8H18O10P2. The molecule has 0 aromatic heterocycles. The first kappa shape index (κ1) is 18.2. The second-order valence-electron chi connectivity index (χ2n) is 4.71. The molecule has 0 aromatic rings. The van der Waals surface area contributed by atoms with E-state index < -0.39 is 58.0 Å². The van der Waals surface area contributed by atoms with Crippen LogP contribution in [0, 0.1) is 0 Å². The fourth-order valence-corrected chi connectivity index (χ4v) is 3.31. The number of hydrogen-bond acceptors (Lipinski definition) is 6. The van der Waals surface area contributed by atoms with Gasteiger partial charge < -0.3 is 39.6 Å². The standard InChI is InChI=1S/C8H18O10P2/c9-6-4(1-2-19(12,13)14)18-5(3-20(15,16)17)7(10)8(6)11/h4-11H,1-3H2,(H2,12,13,14)(H2,15,16,17)/t4-,5+,6-,7+,8+/m0/s1. The van der Waals surface area contributed by atoms with Crippen molar-refractivity contribution < 1.29 is 48.8 Å². The fourth-order valence-electron chi connectivity index (χ4n) is 1.95. The molecule has 0 unspecified atom stereocenters. The molecule has 1 heterocycles. The Labute approximate surface area is 114 Å². The van der Waals surface area contributed by atoms with Crippen LogP contribution in [0.15, 0.2) is 0 Å². The van der Waals surface area contributed by atoms with Gasteiger partial charge in [0, 0.05) is 0 Å². The zero-order chi connectivity index (χ0) is 15.7. The zero-order valence-electron chi connectivity index (χ0n) is 10.3. The smallest absolute Gasteiger partial charge is 0.328 e. The van der Waals surface area contributed by atoms with E-state index in [1.54, 1.807) is 0 Å². The van der Waals surface area contributed by atoms with Gasteiger partial charge in [0.1, 0.15) is 18.3 Å². The van der Waals surface area contributed by atoms with Crippen LogP contribution in [0.25, 0.3) is 0 Å². The van der Waals surface area contributed by atoms with Crippen molar-refractivity contribution in [2.75, 3.05) is 12.3 Å². The van der Waals surface area contributed by atoms with Crippen molar-refractivity contribution in [2.45, 2.75) is 36.9 Å². The summed E-state index contributed by atoms with van der Waals surface area (Å²) in [7, 11) is -8.87. The van der Waals surface area contributed by atoms with Gasteiger partial charge in [-0.1, -0.05) is 0 Å². The third kappa shape index (κ3) is 5.50. The number of ether oxygens (including phenoxy) is 1. The van der Waals surface area contributed by atoms with Crippen LogP contribution < -0.4 is 0 Å². The summed E-state index contributed by atoms with van der Waals surface area (Å²) in [6.45, 7) is 0. The van der Waals surface area contributed by atoms with Gasteiger partial charge in [-0.05, 0) is 6.42 Å². The highest BCUT2D eigenvalue weighted by atomic mass is 31.2. The first-order valence-electron chi connectivity index (χ1n) is 5.69. The molecule has 0 bridgehead atoms. The van der Waals surface area contributed by atoms with Gasteiger partial charge in [0.2, 0.25) is 0 Å². The lowest BCUT2D eigenvalue weighted by Crippen LogP contribution is -2.58. The first-order valence-corrected chi connectivity index (χ1v) is 9.29. The normalized spacial score (nSPS) is 36.0. The fraction of sp³-hybridized carbons (Fsp3) is 1.00. The lowest BCUT2D eigenvalue weighted by molar-refractivity contribution is -0.216. The van der Waals surface area contributed by atoms with Crippen molar-refractivity contribution in [3.05, 3.63) is 0 Å². The van der Waals surface area contributed by atoms with Gasteiger partial charge in [0.05, 0.1) is 24.5 Å². The summed E-state index contributed by atoms with van der Waals surface area (Å²) < 4.78 is 26.7. The Kier molecular flexibility index (Phi) is 5.91. The molecule has 7 N–H and O–H groups in total. The Bertz CT molecular complexity index is 413. The highest BCUT2D eigenvalue weighted by Crippen LogP contribution is 2.40. The summed E-state index contributed by atoms with van der Waals surface area (Å²) in [4.78, 5) is 35.2. The van der Waals surface area contributed by atoms with E-state index in [0.29, 0.717) is 0 Å². The van der Waals surface area contributed by atoms with Gasteiger partial charge in [0.25, 0.3) is 0 Å². The van der Waals surface area contributed by atoms with Gasteiger partial charge in [-0.2, -0.15) is 0 Å². The molecule has 1 aliphatic rings. The maximum atomic E-state index is 10.9. The third-order valence-corrected chi connectivity index (χ3v) is 4.61. The van der Waals surface area contributed by atoms with Gasteiger partial charge in [-0.25, -0.2) is 0 Å². The van der Waals surface area contributed by atoms with Gasteiger partial charge in [-0.3, -0.25) is 9.13 Å². The lowest BCUT2D eigenvalue weighted by atomic mass is 9.94. The lowest BCUT2D eigenvalue weighted by Gasteiger charge is -2.40. The summed E-state index contributed by atoms with van der Waals surface area (Å²) in [5.41, 5.74) is 0. The Morgan fingerprint density at radius 2 is 1.30 bits per heavy atom. The molecule has 0 radical (unpaired) electrons. The third-order valence-electron chi connectivity index (χ3n) is 2.93. The molecular weight excluding hydrogens is 318 g/mol. The summed E-state index contributed by atoms with van der Waals surface area (Å²) in [5.74, 6) is 0. The molecule has 0 saturated carbocycles. The average molecular weight is 336 g/mol. The van der Waals surface area contributed by atoms with Gasteiger partial charge in [0.15, 0.2) is 0 Å². The van der Waals surface area contributed by atoms with E-state index in [-0.39, 0.29) is 6.42 Å². The molecule has 12 heteroatoms. The van der Waals surface area contributed by atoms with Crippen LogP contribution in [0.4, 0.5) is 0 Å². The molecule has 0 amide bonds. The molecule has 1 aliphatic heterocycles. The van der Waals surface area contributed by atoms with E-state index in [1.807, 2.05) is 0 Å². The van der Waals surface area contributed by atoms with Crippen LogP contribution in [-0.4, -0.2) is 77.7 Å². The van der Waals surface area contributed by atoms with Crippen LogP contribution in [0.1, 0.15) is 6.42 Å². The predicted octanol–water partition coefficient (Wildman–Crippen LogP) is -2.42. The Morgan fingerprint density at radius 1 is 0.800 bits per heavy atom. The SMILES string of the molecule is O=P(O)(O)CC[C@@H]1O[C@H](CP(=O)(O)O)[C@@H](O)[C@H](O)[C@H]1O. The Hall–Kier alpha value is 0.140. The highest BCUT2D eigenvalue weighted by Gasteiger charge is 2.45. The van der Waals surface area contributed by atoms with Gasteiger partial charge in [-0.15, -0.1) is 0 Å². The van der Waals surface area contributed by atoms with E-state index in [2.05, 4.69) is 0 Å². The molecule has 0 aliphatic carbocycles. The van der Waals surface area contributed by atoms with Crippen LogP contribution in [0.3, 0.4) is 0 Å². The van der Waals surface area contributed by atoms with Gasteiger partial charge >= 0.3 is 15.2 Å². The number of aliphatic hydroxyl groups is 3. The van der Waals surface area contributed by atoms with Crippen LogP contribution in [0.5, 0.6) is 0 Å². The number of hydrogen-bond donors (Lipinski definition) is 7. The molecule has 1 saturated heterocycles. The van der Waals surface area contributed by atoms with E-state index in [0.717, 1.165) is 0 Å². The molecule has 1 rings (SSSR count). The summed E-state index contributed by atoms with van der Waals surface area (Å²) in [6, 6.07) is 0. The molecule has 10 nitrogen and oxygen atoms in total. The van der Waals surface area contributed by atoms with Crippen molar-refractivity contribution in [3.63, 3.8) is 0 Å². The summed E-state index contributed by atoms with van der Waals surface area (Å²) in [6.07, 6.45) is -9.53. The van der Waals surface area contributed by atoms with Crippen molar-refractivity contribution in [1.29, 1.82) is 0 Å². The second kappa shape index (κ2) is 6.50. The summed E-state index contributed by atoms with van der Waals surface area (Å²) >= 11 is 0. The predicted molar refractivity (Wildman–Crippen MR) is 65.1 cm³/mol. The summed E-state index contributed by atoms with van der Waals surface area (Å²) in [5, 5.41) is 28.8. The largest absolute Gasteiger partial charge is 0.388 e. The Balaban J connectivity index is 2.76. The maximum absolute atomic E-state index is 10.9. The van der Waals surface area contributed by atoms with Crippen molar-refractivity contribution in [3.8, 4) is 0 Å². The molecule has 5 atom stereocenters. The average Bonchev–Trinajstić information content (AvgIpc) is 2.25. The topological polar surface area (TPSA) is 185 Å². The Morgan fingerprint density at radius 3 is 1.75 bits per heavy atom. The molecule has 1 fully saturated rings. The van der Waals surface area contributed by atoms with Crippen LogP contribution in [0.2, 0.25) is 0 Å². The quantitative estimate of drug-likeness (QED) is 0.266. The van der Waals surface area contributed by atoms with E-state index >= 15 is 0 Å². The van der Waals surface area contributed by atoms with Crippen molar-refractivity contribution >= 4 is 15.2 Å². The van der Waals surface area contributed by atoms with E-state index in [1.165, 1.54) is 0 Å². The van der Waals surface area contributed by atoms with E-state index in [4.69, 9.17) is 24.3 Å². The number of aliphatic hydroxyl groups excluding tert-OH is 3. The number of rotatable bonds is 5. The zero-order valence-corrected chi connectivity index (χ0v) is 12.0. The molecule has 20 heavy (non-hydrogen) atoms. The van der Waals surface area contributed by atoms with Crippen LogP contribution in [-0.2, 0) is 13.9 Å². The molecule has 0 spiro atoms. The highest BCUT2D eigenvalue weighted by molar-refractivity contribution is 7.52. The van der Waals surface area contributed by atoms with Crippen molar-refractivity contribution in [1.82, 2.24) is 0 Å². The molecule has 120 valence electrons. The van der Waals surface area contributed by atoms with E-state index in [9.17, 15) is 24.4 Å². The second-order valence-corrected chi connectivity index (χ2v) is 8.18. The first-order chi connectivity index (χ1) is 8.91. The minimum atomic E-state index is -4.53. The van der Waals surface area contributed by atoms with Crippen molar-refractivity contribution in [2.24, 2.45) is 0 Å². The van der Waals surface area contributed by atoms with Crippen LogP contribution >= 0.6 is 15.2 Å². The monoisotopic (exact) mass is 336 g/mol. The minimum absolute atomic E-state index is 0.327. The molecule has 0 aromatic carbocycles. The maximum Gasteiger partial charge on any atom is 0.328 e. The minimum Gasteiger partial charge on any atom is -0.388 e.